The number of rotatable bonds is 7. The van der Waals surface area contributed by atoms with Gasteiger partial charge in [0.1, 0.15) is 5.76 Å². The van der Waals surface area contributed by atoms with Crippen LogP contribution in [-0.4, -0.2) is 22.5 Å². The normalized spacial score (nSPS) is 11.8. The third-order valence-corrected chi connectivity index (χ3v) is 4.83. The van der Waals surface area contributed by atoms with Gasteiger partial charge in [0.2, 0.25) is 0 Å². The molecule has 1 amide bonds. The number of nitrogens with one attached hydrogen (secondary N) is 1. The maximum atomic E-state index is 12.3. The molecule has 3 aromatic rings. The minimum Gasteiger partial charge on any atom is -0.467 e. The van der Waals surface area contributed by atoms with Crippen LogP contribution in [0.5, 0.6) is 0 Å². The zero-order valence-corrected chi connectivity index (χ0v) is 17.6. The number of amides is 1. The van der Waals surface area contributed by atoms with Crippen LogP contribution in [-0.2, 0) is 20.9 Å². The molecule has 7 heteroatoms. The van der Waals surface area contributed by atoms with Crippen LogP contribution in [0.4, 0.5) is 5.69 Å². The third kappa shape index (κ3) is 5.52. The summed E-state index contributed by atoms with van der Waals surface area (Å²) in [5, 5.41) is 11.6. The fourth-order valence-electron chi connectivity index (χ4n) is 3.13. The Morgan fingerprint density at radius 3 is 2.77 bits per heavy atom. The lowest BCUT2D eigenvalue weighted by Crippen LogP contribution is -2.29. The predicted molar refractivity (Wildman–Crippen MR) is 116 cm³/mol. The Labute approximate surface area is 180 Å². The van der Waals surface area contributed by atoms with Crippen molar-refractivity contribution in [2.24, 2.45) is 0 Å². The van der Waals surface area contributed by atoms with Gasteiger partial charge in [-0.2, -0.15) is 5.26 Å². The predicted octanol–water partition coefficient (Wildman–Crippen LogP) is 4.20. The molecule has 31 heavy (non-hydrogen) atoms. The number of ether oxygens (including phenoxy) is 1. The van der Waals surface area contributed by atoms with E-state index in [-0.39, 0.29) is 0 Å². The molecule has 2 aromatic heterocycles. The van der Waals surface area contributed by atoms with Gasteiger partial charge in [-0.05, 0) is 68.8 Å². The van der Waals surface area contributed by atoms with E-state index < -0.39 is 18.0 Å². The third-order valence-electron chi connectivity index (χ3n) is 4.83. The number of carbonyl (C=O) groups excluding carboxylic acids is 2. The summed E-state index contributed by atoms with van der Waals surface area (Å²) in [4.78, 5) is 24.5. The molecule has 0 radical (unpaired) electrons. The van der Waals surface area contributed by atoms with Crippen LogP contribution in [0.2, 0.25) is 0 Å². The Hall–Kier alpha value is -4.05. The Morgan fingerprint density at radius 2 is 2.06 bits per heavy atom. The van der Waals surface area contributed by atoms with Gasteiger partial charge in [0, 0.05) is 23.2 Å². The molecule has 0 aliphatic heterocycles. The minimum absolute atomic E-state index is 0.426. The first-order valence-electron chi connectivity index (χ1n) is 9.76. The Morgan fingerprint density at radius 1 is 1.26 bits per heavy atom. The molecule has 1 aromatic carbocycles. The molecule has 2 heterocycles. The highest BCUT2D eigenvalue weighted by Gasteiger charge is 2.17. The number of nitrogens with zero attached hydrogens (tertiary/aromatic N) is 2. The van der Waals surface area contributed by atoms with Crippen LogP contribution in [0.15, 0.2) is 59.2 Å². The van der Waals surface area contributed by atoms with Crippen molar-refractivity contribution in [2.45, 2.75) is 33.4 Å². The lowest BCUT2D eigenvalue weighted by atomic mass is 10.2. The van der Waals surface area contributed by atoms with E-state index in [1.54, 1.807) is 36.6 Å². The van der Waals surface area contributed by atoms with Gasteiger partial charge in [0.15, 0.2) is 6.10 Å². The van der Waals surface area contributed by atoms with Crippen LogP contribution < -0.4 is 5.32 Å². The molecule has 158 valence electrons. The SMILES string of the molecule is Cc1cc(/C=C/C(=O)OC(C)C(=O)Nc2cccc(C#N)c2)c(C)n1Cc1ccco1. The van der Waals surface area contributed by atoms with E-state index in [0.717, 1.165) is 22.7 Å². The Kier molecular flexibility index (Phi) is 6.73. The van der Waals surface area contributed by atoms with Crippen molar-refractivity contribution in [1.29, 1.82) is 5.26 Å². The molecule has 1 unspecified atom stereocenters. The second-order valence-corrected chi connectivity index (χ2v) is 7.09. The van der Waals surface area contributed by atoms with Crippen LogP contribution in [0.25, 0.3) is 6.08 Å². The monoisotopic (exact) mass is 417 g/mol. The van der Waals surface area contributed by atoms with E-state index in [4.69, 9.17) is 14.4 Å². The summed E-state index contributed by atoms with van der Waals surface area (Å²) in [5.41, 5.74) is 3.79. The molecule has 3 rings (SSSR count). The van der Waals surface area contributed by atoms with Crippen molar-refractivity contribution in [2.75, 3.05) is 5.32 Å². The van der Waals surface area contributed by atoms with Crippen molar-refractivity contribution >= 4 is 23.6 Å². The highest BCUT2D eigenvalue weighted by Crippen LogP contribution is 2.19. The van der Waals surface area contributed by atoms with Gasteiger partial charge in [0.05, 0.1) is 24.4 Å². The number of hydrogen-bond acceptors (Lipinski definition) is 5. The van der Waals surface area contributed by atoms with E-state index in [1.165, 1.54) is 13.0 Å². The van der Waals surface area contributed by atoms with E-state index >= 15 is 0 Å². The molecular weight excluding hydrogens is 394 g/mol. The molecule has 0 aliphatic carbocycles. The fraction of sp³-hybridized carbons (Fsp3) is 0.208. The topological polar surface area (TPSA) is 97.3 Å². The van der Waals surface area contributed by atoms with Crippen LogP contribution >= 0.6 is 0 Å². The average molecular weight is 417 g/mol. The fourth-order valence-corrected chi connectivity index (χ4v) is 3.13. The van der Waals surface area contributed by atoms with E-state index in [0.29, 0.717) is 17.8 Å². The number of aryl methyl sites for hydroxylation is 1. The maximum absolute atomic E-state index is 12.3. The smallest absolute Gasteiger partial charge is 0.331 e. The molecule has 0 saturated heterocycles. The standard InChI is InChI=1S/C24H23N3O4/c1-16-12-20(17(2)27(16)15-22-8-5-11-30-22)9-10-23(28)31-18(3)24(29)26-21-7-4-6-19(13-21)14-25/h4-13,18H,15H2,1-3H3,(H,26,29)/b10-9+. The highest BCUT2D eigenvalue weighted by molar-refractivity contribution is 5.96. The number of carbonyl (C=O) groups is 2. The summed E-state index contributed by atoms with van der Waals surface area (Å²) in [7, 11) is 0. The first-order chi connectivity index (χ1) is 14.9. The number of benzene rings is 1. The summed E-state index contributed by atoms with van der Waals surface area (Å²) in [6.45, 7) is 6.04. The van der Waals surface area contributed by atoms with Crippen molar-refractivity contribution in [3.63, 3.8) is 0 Å². The summed E-state index contributed by atoms with van der Waals surface area (Å²) in [6, 6.07) is 14.2. The van der Waals surface area contributed by atoms with Crippen molar-refractivity contribution in [3.05, 3.63) is 83.1 Å². The highest BCUT2D eigenvalue weighted by atomic mass is 16.5. The first-order valence-corrected chi connectivity index (χ1v) is 9.76. The van der Waals surface area contributed by atoms with Gasteiger partial charge in [-0.15, -0.1) is 0 Å². The van der Waals surface area contributed by atoms with Gasteiger partial charge in [-0.1, -0.05) is 6.07 Å². The molecular formula is C24H23N3O4. The second kappa shape index (κ2) is 9.63. The maximum Gasteiger partial charge on any atom is 0.331 e. The van der Waals surface area contributed by atoms with E-state index in [9.17, 15) is 9.59 Å². The quantitative estimate of drug-likeness (QED) is 0.459. The molecule has 0 fully saturated rings. The summed E-state index contributed by atoms with van der Waals surface area (Å²) >= 11 is 0. The Bertz CT molecular complexity index is 1150. The molecule has 0 bridgehead atoms. The average Bonchev–Trinajstić information content (AvgIpc) is 3.36. The summed E-state index contributed by atoms with van der Waals surface area (Å²) in [5.74, 6) is -0.255. The molecule has 7 nitrogen and oxygen atoms in total. The summed E-state index contributed by atoms with van der Waals surface area (Å²) in [6.07, 6.45) is 3.62. The number of aromatic nitrogens is 1. The Balaban J connectivity index is 1.59. The second-order valence-electron chi connectivity index (χ2n) is 7.09. The van der Waals surface area contributed by atoms with Crippen LogP contribution in [0.3, 0.4) is 0 Å². The van der Waals surface area contributed by atoms with Gasteiger partial charge in [-0.25, -0.2) is 4.79 Å². The van der Waals surface area contributed by atoms with Gasteiger partial charge >= 0.3 is 5.97 Å². The van der Waals surface area contributed by atoms with Crippen molar-refractivity contribution in [1.82, 2.24) is 4.57 Å². The molecule has 0 aliphatic rings. The number of furan rings is 1. The van der Waals surface area contributed by atoms with E-state index in [1.807, 2.05) is 38.1 Å². The van der Waals surface area contributed by atoms with Crippen molar-refractivity contribution < 1.29 is 18.7 Å². The van der Waals surface area contributed by atoms with Crippen LogP contribution in [0, 0.1) is 25.2 Å². The largest absolute Gasteiger partial charge is 0.467 e. The lowest BCUT2D eigenvalue weighted by molar-refractivity contribution is -0.148. The number of nitriles is 1. The molecule has 0 saturated carbocycles. The van der Waals surface area contributed by atoms with E-state index in [2.05, 4.69) is 9.88 Å². The zero-order chi connectivity index (χ0) is 22.4. The van der Waals surface area contributed by atoms with Gasteiger partial charge < -0.3 is 19.0 Å². The first kappa shape index (κ1) is 21.7. The minimum atomic E-state index is -0.991. The molecule has 1 atom stereocenters. The number of anilines is 1. The molecule has 1 N–H and O–H groups in total. The number of esters is 1. The summed E-state index contributed by atoms with van der Waals surface area (Å²) < 4.78 is 12.7. The molecule has 0 spiro atoms. The van der Waals surface area contributed by atoms with Crippen LogP contribution in [0.1, 0.15) is 35.2 Å². The van der Waals surface area contributed by atoms with Gasteiger partial charge in [0.25, 0.3) is 5.91 Å². The van der Waals surface area contributed by atoms with Gasteiger partial charge in [-0.3, -0.25) is 4.79 Å². The number of hydrogen-bond donors (Lipinski definition) is 1. The van der Waals surface area contributed by atoms with Crippen molar-refractivity contribution in [3.8, 4) is 6.07 Å². The zero-order valence-electron chi connectivity index (χ0n) is 17.6. The lowest BCUT2D eigenvalue weighted by Gasteiger charge is -2.12.